The Balaban J connectivity index is 2.41. The molecular weight excluding hydrogens is 288 g/mol. The van der Waals surface area contributed by atoms with E-state index in [9.17, 15) is 17.2 Å². The lowest BCUT2D eigenvalue weighted by atomic mass is 10.3. The summed E-state index contributed by atoms with van der Waals surface area (Å²) in [5.74, 6) is -2.00. The number of nitrogens with one attached hydrogen (secondary N) is 1. The predicted molar refractivity (Wildman–Crippen MR) is 70.6 cm³/mol. The Labute approximate surface area is 114 Å². The molecular formula is C12H11F2N3O2S. The second kappa shape index (κ2) is 5.04. The van der Waals surface area contributed by atoms with Gasteiger partial charge in [-0.1, -0.05) is 0 Å². The van der Waals surface area contributed by atoms with Crippen molar-refractivity contribution >= 4 is 21.5 Å². The van der Waals surface area contributed by atoms with Gasteiger partial charge in [0.05, 0.1) is 11.9 Å². The van der Waals surface area contributed by atoms with Gasteiger partial charge in [0.1, 0.15) is 22.3 Å². The van der Waals surface area contributed by atoms with Gasteiger partial charge >= 0.3 is 0 Å². The van der Waals surface area contributed by atoms with Gasteiger partial charge in [-0.3, -0.25) is 4.72 Å². The van der Waals surface area contributed by atoms with Crippen molar-refractivity contribution in [1.29, 1.82) is 0 Å². The van der Waals surface area contributed by atoms with Crippen LogP contribution in [0.15, 0.2) is 35.4 Å². The zero-order chi connectivity index (χ0) is 14.9. The number of nitrogens with two attached hydrogens (primary N) is 1. The first-order valence-electron chi connectivity index (χ1n) is 5.49. The normalized spacial score (nSPS) is 11.3. The summed E-state index contributed by atoms with van der Waals surface area (Å²) in [4.78, 5) is 3.17. The second-order valence-corrected chi connectivity index (χ2v) is 5.77. The second-order valence-electron chi connectivity index (χ2n) is 4.11. The Morgan fingerprint density at radius 1 is 1.25 bits per heavy atom. The lowest BCUT2D eigenvalue weighted by molar-refractivity contribution is 0.551. The molecule has 0 aliphatic rings. The Hall–Kier alpha value is -2.22. The minimum Gasteiger partial charge on any atom is -0.397 e. The van der Waals surface area contributed by atoms with E-state index in [0.717, 1.165) is 12.1 Å². The average Bonchev–Trinajstić information content (AvgIpc) is 2.32. The topological polar surface area (TPSA) is 85.1 Å². The molecule has 1 heterocycles. The number of hydrogen-bond donors (Lipinski definition) is 2. The highest BCUT2D eigenvalue weighted by Gasteiger charge is 2.20. The van der Waals surface area contributed by atoms with E-state index in [1.54, 1.807) is 6.92 Å². The third-order valence-electron chi connectivity index (χ3n) is 2.51. The molecule has 0 amide bonds. The monoisotopic (exact) mass is 299 g/mol. The SMILES string of the molecule is Cc1cc(N)cnc1NS(=O)(=O)c1ccc(F)cc1F. The fraction of sp³-hybridized carbons (Fsp3) is 0.0833. The highest BCUT2D eigenvalue weighted by molar-refractivity contribution is 7.92. The van der Waals surface area contributed by atoms with Crippen LogP contribution in [0.5, 0.6) is 0 Å². The van der Waals surface area contributed by atoms with Crippen molar-refractivity contribution in [2.24, 2.45) is 0 Å². The van der Waals surface area contributed by atoms with Crippen LogP contribution in [0.3, 0.4) is 0 Å². The number of sulfonamides is 1. The molecule has 0 saturated heterocycles. The molecule has 0 spiro atoms. The first-order valence-corrected chi connectivity index (χ1v) is 6.98. The maximum absolute atomic E-state index is 13.5. The summed E-state index contributed by atoms with van der Waals surface area (Å²) in [6.07, 6.45) is 1.27. The van der Waals surface area contributed by atoms with Gasteiger partial charge in [0, 0.05) is 6.07 Å². The van der Waals surface area contributed by atoms with E-state index in [0.29, 0.717) is 17.3 Å². The first-order chi connectivity index (χ1) is 9.29. The van der Waals surface area contributed by atoms with E-state index in [-0.39, 0.29) is 5.82 Å². The van der Waals surface area contributed by atoms with Crippen LogP contribution in [0.1, 0.15) is 5.56 Å². The Kier molecular flexibility index (Phi) is 3.58. The first kappa shape index (κ1) is 14.2. The standard InChI is InChI=1S/C12H11F2N3O2S/c1-7-4-9(15)6-16-12(7)17-20(18,19)11-3-2-8(13)5-10(11)14/h2-6H,15H2,1H3,(H,16,17). The molecule has 8 heteroatoms. The molecule has 0 bridgehead atoms. The van der Waals surface area contributed by atoms with Crippen LogP contribution in [-0.4, -0.2) is 13.4 Å². The predicted octanol–water partition coefficient (Wildman–Crippen LogP) is 2.05. The molecule has 2 aromatic rings. The third kappa shape index (κ3) is 2.85. The molecule has 0 saturated carbocycles. The van der Waals surface area contributed by atoms with Crippen LogP contribution in [0.4, 0.5) is 20.3 Å². The molecule has 5 nitrogen and oxygen atoms in total. The van der Waals surface area contributed by atoms with E-state index >= 15 is 0 Å². The van der Waals surface area contributed by atoms with Crippen molar-refractivity contribution in [3.05, 3.63) is 47.7 Å². The van der Waals surface area contributed by atoms with Crippen LogP contribution in [0, 0.1) is 18.6 Å². The summed E-state index contributed by atoms with van der Waals surface area (Å²) in [5, 5.41) is 0. The average molecular weight is 299 g/mol. The minimum absolute atomic E-state index is 0.0305. The number of pyridine rings is 1. The number of aromatic nitrogens is 1. The number of aryl methyl sites for hydroxylation is 1. The lowest BCUT2D eigenvalue weighted by Crippen LogP contribution is -2.16. The van der Waals surface area contributed by atoms with E-state index in [2.05, 4.69) is 9.71 Å². The summed E-state index contributed by atoms with van der Waals surface area (Å²) in [6.45, 7) is 1.60. The molecule has 3 N–H and O–H groups in total. The zero-order valence-corrected chi connectivity index (χ0v) is 11.2. The fourth-order valence-electron chi connectivity index (χ4n) is 1.58. The number of halogens is 2. The van der Waals surface area contributed by atoms with Crippen LogP contribution in [-0.2, 0) is 10.0 Å². The van der Waals surface area contributed by atoms with Gasteiger partial charge in [0.2, 0.25) is 0 Å². The van der Waals surface area contributed by atoms with Crippen molar-refractivity contribution < 1.29 is 17.2 Å². The van der Waals surface area contributed by atoms with E-state index in [1.165, 1.54) is 12.3 Å². The van der Waals surface area contributed by atoms with Crippen LogP contribution < -0.4 is 10.5 Å². The fourth-order valence-corrected chi connectivity index (χ4v) is 2.72. The molecule has 1 aromatic heterocycles. The summed E-state index contributed by atoms with van der Waals surface area (Å²) in [6, 6.07) is 3.73. The lowest BCUT2D eigenvalue weighted by Gasteiger charge is -2.10. The van der Waals surface area contributed by atoms with Gasteiger partial charge in [-0.15, -0.1) is 0 Å². The number of nitrogens with zero attached hydrogens (tertiary/aromatic N) is 1. The van der Waals surface area contributed by atoms with Crippen molar-refractivity contribution in [3.63, 3.8) is 0 Å². The van der Waals surface area contributed by atoms with Gasteiger partial charge < -0.3 is 5.73 Å². The van der Waals surface area contributed by atoms with Gasteiger partial charge in [-0.05, 0) is 30.7 Å². The number of benzene rings is 1. The molecule has 2 rings (SSSR count). The molecule has 0 aliphatic heterocycles. The molecule has 0 atom stereocenters. The largest absolute Gasteiger partial charge is 0.397 e. The smallest absolute Gasteiger partial charge is 0.265 e. The van der Waals surface area contributed by atoms with Gasteiger partial charge in [-0.25, -0.2) is 22.2 Å². The molecule has 106 valence electrons. The van der Waals surface area contributed by atoms with Crippen LogP contribution >= 0.6 is 0 Å². The van der Waals surface area contributed by atoms with E-state index < -0.39 is 26.6 Å². The Bertz CT molecular complexity index is 763. The quantitative estimate of drug-likeness (QED) is 0.908. The summed E-state index contributed by atoms with van der Waals surface area (Å²) in [5.41, 5.74) is 6.36. The van der Waals surface area contributed by atoms with Crippen molar-refractivity contribution in [2.75, 3.05) is 10.5 Å². The molecule has 1 aromatic carbocycles. The van der Waals surface area contributed by atoms with E-state index in [1.807, 2.05) is 0 Å². The molecule has 0 unspecified atom stereocenters. The van der Waals surface area contributed by atoms with Crippen LogP contribution in [0.25, 0.3) is 0 Å². The van der Waals surface area contributed by atoms with Crippen molar-refractivity contribution in [3.8, 4) is 0 Å². The van der Waals surface area contributed by atoms with Gasteiger partial charge in [0.25, 0.3) is 10.0 Å². The molecule has 20 heavy (non-hydrogen) atoms. The summed E-state index contributed by atoms with van der Waals surface area (Å²) < 4.78 is 52.5. The Morgan fingerprint density at radius 2 is 1.95 bits per heavy atom. The van der Waals surface area contributed by atoms with Crippen molar-refractivity contribution in [2.45, 2.75) is 11.8 Å². The van der Waals surface area contributed by atoms with E-state index in [4.69, 9.17) is 5.73 Å². The number of anilines is 2. The summed E-state index contributed by atoms with van der Waals surface area (Å²) in [7, 11) is -4.19. The number of hydrogen-bond acceptors (Lipinski definition) is 4. The van der Waals surface area contributed by atoms with Crippen molar-refractivity contribution in [1.82, 2.24) is 4.98 Å². The molecule has 0 fully saturated rings. The molecule has 0 aliphatic carbocycles. The zero-order valence-electron chi connectivity index (χ0n) is 10.4. The number of nitrogen functional groups attached to an aromatic ring is 1. The highest BCUT2D eigenvalue weighted by Crippen LogP contribution is 2.21. The third-order valence-corrected chi connectivity index (χ3v) is 3.89. The molecule has 0 radical (unpaired) electrons. The Morgan fingerprint density at radius 3 is 2.55 bits per heavy atom. The maximum Gasteiger partial charge on any atom is 0.265 e. The number of rotatable bonds is 3. The highest BCUT2D eigenvalue weighted by atomic mass is 32.2. The van der Waals surface area contributed by atoms with Gasteiger partial charge in [-0.2, -0.15) is 0 Å². The van der Waals surface area contributed by atoms with Gasteiger partial charge in [0.15, 0.2) is 0 Å². The van der Waals surface area contributed by atoms with Crippen LogP contribution in [0.2, 0.25) is 0 Å². The minimum atomic E-state index is -4.19. The maximum atomic E-state index is 13.5. The summed E-state index contributed by atoms with van der Waals surface area (Å²) >= 11 is 0.